The van der Waals surface area contributed by atoms with Gasteiger partial charge in [-0.15, -0.1) is 0 Å². The zero-order valence-corrected chi connectivity index (χ0v) is 9.43. The van der Waals surface area contributed by atoms with Crippen LogP contribution in [-0.4, -0.2) is 11.9 Å². The average molecular weight is 222 g/mol. The van der Waals surface area contributed by atoms with Gasteiger partial charge in [0.15, 0.2) is 0 Å². The molecule has 0 radical (unpaired) electrons. The van der Waals surface area contributed by atoms with Crippen molar-refractivity contribution in [2.24, 2.45) is 0 Å². The van der Waals surface area contributed by atoms with Crippen LogP contribution in [0.4, 0.5) is 0 Å². The highest BCUT2D eigenvalue weighted by molar-refractivity contribution is 6.11. The smallest absolute Gasteiger partial charge is 0.0608 e. The molecule has 2 aromatic rings. The van der Waals surface area contributed by atoms with E-state index in [2.05, 4.69) is 0 Å². The van der Waals surface area contributed by atoms with Gasteiger partial charge in [-0.05, 0) is 11.1 Å². The highest BCUT2D eigenvalue weighted by Gasteiger charge is 2.15. The van der Waals surface area contributed by atoms with Crippen molar-refractivity contribution in [3.63, 3.8) is 0 Å². The van der Waals surface area contributed by atoms with Crippen LogP contribution in [0.2, 0.25) is 0 Å². The van der Waals surface area contributed by atoms with Gasteiger partial charge in [0.25, 0.3) is 0 Å². The van der Waals surface area contributed by atoms with Crippen LogP contribution in [0.1, 0.15) is 17.0 Å². The summed E-state index contributed by atoms with van der Waals surface area (Å²) in [6.07, 6.45) is 1.32. The molecule has 2 rings (SSSR count). The molecule has 0 aliphatic rings. The number of rotatable bonds is 4. The predicted molar refractivity (Wildman–Crippen MR) is 71.2 cm³/mol. The predicted octanol–water partition coefficient (Wildman–Crippen LogP) is 3.49. The first kappa shape index (κ1) is 11.3. The summed E-state index contributed by atoms with van der Waals surface area (Å²) in [7, 11) is 0. The van der Waals surface area contributed by atoms with E-state index < -0.39 is 0 Å². The molecule has 84 valence electrons. The Hall–Kier alpha value is -2.22. The third kappa shape index (κ3) is 2.48. The maximum Gasteiger partial charge on any atom is 0.0608 e. The lowest BCUT2D eigenvalue weighted by atomic mass is 9.91. The average Bonchev–Trinajstić information content (AvgIpc) is 2.42. The molecule has 0 spiro atoms. The lowest BCUT2D eigenvalue weighted by Gasteiger charge is -2.13. The van der Waals surface area contributed by atoms with Gasteiger partial charge >= 0.3 is 0 Å². The molecule has 2 N–H and O–H groups in total. The number of benzene rings is 2. The van der Waals surface area contributed by atoms with E-state index in [-0.39, 0.29) is 5.92 Å². The van der Waals surface area contributed by atoms with Crippen LogP contribution in [0.25, 0.3) is 0 Å². The monoisotopic (exact) mass is 222 g/mol. The molecular weight excluding hydrogens is 208 g/mol. The summed E-state index contributed by atoms with van der Waals surface area (Å²) in [4.78, 5) is 0. The van der Waals surface area contributed by atoms with Gasteiger partial charge in [0.1, 0.15) is 0 Å². The maximum absolute atomic E-state index is 8.17. The first-order chi connectivity index (χ1) is 8.33. The van der Waals surface area contributed by atoms with E-state index in [9.17, 15) is 0 Å². The van der Waals surface area contributed by atoms with Gasteiger partial charge in [-0.3, -0.25) is 0 Å². The number of nitrogens with one attached hydrogen (secondary N) is 2. The van der Waals surface area contributed by atoms with Crippen molar-refractivity contribution < 1.29 is 0 Å². The van der Waals surface area contributed by atoms with Crippen molar-refractivity contribution in [3.05, 3.63) is 71.8 Å². The second-order valence-electron chi connectivity index (χ2n) is 3.83. The van der Waals surface area contributed by atoms with Crippen LogP contribution in [0.3, 0.4) is 0 Å². The first-order valence-corrected chi connectivity index (χ1v) is 5.52. The van der Waals surface area contributed by atoms with E-state index in [1.54, 1.807) is 0 Å². The molecule has 0 fully saturated rings. The van der Waals surface area contributed by atoms with Crippen molar-refractivity contribution in [1.82, 2.24) is 0 Å². The lowest BCUT2D eigenvalue weighted by molar-refractivity contribution is 1.18. The lowest BCUT2D eigenvalue weighted by Crippen LogP contribution is -2.13. The summed E-state index contributed by atoms with van der Waals surface area (Å²) in [6, 6.07) is 19.3. The molecule has 0 amide bonds. The Balaban J connectivity index is 2.32. The van der Waals surface area contributed by atoms with Crippen LogP contribution < -0.4 is 0 Å². The SMILES string of the molecule is N=CC(C(=N)c1ccccc1)c1ccccc1. The molecule has 0 heterocycles. The third-order valence-electron chi connectivity index (χ3n) is 2.72. The molecule has 0 aliphatic carbocycles. The Bertz CT molecular complexity index is 503. The molecular formula is C15H14N2. The van der Waals surface area contributed by atoms with Gasteiger partial charge in [0.2, 0.25) is 0 Å². The largest absolute Gasteiger partial charge is 0.312 e. The van der Waals surface area contributed by atoms with E-state index in [0.29, 0.717) is 5.71 Å². The standard InChI is InChI=1S/C15H14N2/c16-11-14(12-7-3-1-4-8-12)15(17)13-9-5-2-6-10-13/h1-11,14,16-17H. The van der Waals surface area contributed by atoms with Crippen LogP contribution in [0.5, 0.6) is 0 Å². The summed E-state index contributed by atoms with van der Waals surface area (Å²) >= 11 is 0. The minimum atomic E-state index is -0.265. The number of hydrogen-bond donors (Lipinski definition) is 2. The minimum Gasteiger partial charge on any atom is -0.312 e. The van der Waals surface area contributed by atoms with Crippen molar-refractivity contribution in [1.29, 1.82) is 10.8 Å². The zero-order valence-electron chi connectivity index (χ0n) is 9.43. The fraction of sp³-hybridized carbons (Fsp3) is 0.0667. The summed E-state index contributed by atoms with van der Waals surface area (Å²) in [5.41, 5.74) is 2.31. The van der Waals surface area contributed by atoms with E-state index >= 15 is 0 Å². The quantitative estimate of drug-likeness (QED) is 0.744. The Morgan fingerprint density at radius 1 is 0.882 bits per heavy atom. The Labute approximate surface area is 101 Å². The molecule has 1 atom stereocenters. The molecule has 17 heavy (non-hydrogen) atoms. The topological polar surface area (TPSA) is 47.7 Å². The minimum absolute atomic E-state index is 0.265. The second kappa shape index (κ2) is 5.21. The Kier molecular flexibility index (Phi) is 3.46. The van der Waals surface area contributed by atoms with Crippen molar-refractivity contribution in [2.45, 2.75) is 5.92 Å². The van der Waals surface area contributed by atoms with Crippen LogP contribution in [0, 0.1) is 10.8 Å². The molecule has 2 nitrogen and oxygen atoms in total. The van der Waals surface area contributed by atoms with E-state index in [0.717, 1.165) is 11.1 Å². The molecule has 1 unspecified atom stereocenters. The Morgan fingerprint density at radius 3 is 1.94 bits per heavy atom. The van der Waals surface area contributed by atoms with E-state index in [1.807, 2.05) is 60.7 Å². The zero-order chi connectivity index (χ0) is 12.1. The summed E-state index contributed by atoms with van der Waals surface area (Å²) < 4.78 is 0. The molecule has 0 aromatic heterocycles. The van der Waals surface area contributed by atoms with Crippen LogP contribution in [-0.2, 0) is 0 Å². The van der Waals surface area contributed by atoms with Crippen LogP contribution in [0.15, 0.2) is 60.7 Å². The number of hydrogen-bond acceptors (Lipinski definition) is 2. The molecule has 0 aliphatic heterocycles. The summed E-state index contributed by atoms with van der Waals surface area (Å²) in [5, 5.41) is 15.7. The van der Waals surface area contributed by atoms with Gasteiger partial charge < -0.3 is 10.8 Å². The van der Waals surface area contributed by atoms with E-state index in [4.69, 9.17) is 10.8 Å². The van der Waals surface area contributed by atoms with Crippen LogP contribution >= 0.6 is 0 Å². The van der Waals surface area contributed by atoms with Gasteiger partial charge in [0, 0.05) is 6.21 Å². The molecule has 2 heteroatoms. The fourth-order valence-corrected chi connectivity index (χ4v) is 1.80. The molecule has 0 saturated carbocycles. The third-order valence-corrected chi connectivity index (χ3v) is 2.72. The van der Waals surface area contributed by atoms with Gasteiger partial charge in [0.05, 0.1) is 11.6 Å². The molecule has 0 saturated heterocycles. The maximum atomic E-state index is 8.17. The summed E-state index contributed by atoms with van der Waals surface area (Å²) in [5.74, 6) is -0.265. The van der Waals surface area contributed by atoms with Gasteiger partial charge in [-0.1, -0.05) is 60.7 Å². The van der Waals surface area contributed by atoms with Crippen molar-refractivity contribution in [2.75, 3.05) is 0 Å². The van der Waals surface area contributed by atoms with E-state index in [1.165, 1.54) is 6.21 Å². The second-order valence-corrected chi connectivity index (χ2v) is 3.83. The van der Waals surface area contributed by atoms with Crippen molar-refractivity contribution in [3.8, 4) is 0 Å². The summed E-state index contributed by atoms with van der Waals surface area (Å²) in [6.45, 7) is 0. The highest BCUT2D eigenvalue weighted by Crippen LogP contribution is 2.18. The van der Waals surface area contributed by atoms with Crippen molar-refractivity contribution >= 4 is 11.9 Å². The Morgan fingerprint density at radius 2 is 1.41 bits per heavy atom. The molecule has 2 aromatic carbocycles. The molecule has 0 bridgehead atoms. The highest BCUT2D eigenvalue weighted by atomic mass is 14.5. The van der Waals surface area contributed by atoms with Gasteiger partial charge in [-0.2, -0.15) is 0 Å². The normalized spacial score (nSPS) is 11.8. The fourth-order valence-electron chi connectivity index (χ4n) is 1.80. The first-order valence-electron chi connectivity index (χ1n) is 5.52. The van der Waals surface area contributed by atoms with Gasteiger partial charge in [-0.25, -0.2) is 0 Å².